The summed E-state index contributed by atoms with van der Waals surface area (Å²) in [5.41, 5.74) is 1.26. The van der Waals surface area contributed by atoms with E-state index in [4.69, 9.17) is 0 Å². The number of aryl methyl sites for hydroxylation is 2. The van der Waals surface area contributed by atoms with E-state index >= 15 is 0 Å². The molecule has 0 unspecified atom stereocenters. The summed E-state index contributed by atoms with van der Waals surface area (Å²) in [5, 5.41) is 12.7. The molecule has 4 rings (SSSR count). The quantitative estimate of drug-likeness (QED) is 0.305. The zero-order chi connectivity index (χ0) is 27.8. The number of pyridine rings is 2. The topological polar surface area (TPSA) is 124 Å². The number of nitrogens with one attached hydrogen (secondary N) is 2. The number of halogens is 2. The van der Waals surface area contributed by atoms with E-state index in [1.165, 1.54) is 23.1 Å². The third-order valence-electron chi connectivity index (χ3n) is 5.85. The van der Waals surface area contributed by atoms with Crippen LogP contribution >= 0.6 is 0 Å². The number of carbonyl (C=O) groups is 2. The van der Waals surface area contributed by atoms with Crippen molar-refractivity contribution >= 4 is 17.5 Å². The number of hydrogen-bond donors (Lipinski definition) is 2. The molecule has 3 aromatic heterocycles. The van der Waals surface area contributed by atoms with E-state index in [1.54, 1.807) is 30.5 Å². The van der Waals surface area contributed by atoms with Crippen molar-refractivity contribution in [3.8, 4) is 0 Å². The standard InChI is InChI=1S/C27H27F2N7O3/c1-18-7-8-20(14-30-18)15-31-26(38)23-17-36(34-33-23)16-21(28)9-11-35-12-10-22(25(29)27(35)39)32-24(37)13-19-5-3-2-4-6-19/h2-8,10,12,14,17,21H,9,11,13,15-16H2,1H3,(H,31,38)(H,32,37)/t21-/m0/s1. The molecule has 0 aliphatic rings. The SMILES string of the molecule is Cc1ccc(CNC(=O)c2cn(C[C@@H](F)CCn3ccc(NC(=O)Cc4ccccc4)c(F)c3=O)nn2)cn1. The van der Waals surface area contributed by atoms with Crippen molar-refractivity contribution in [3.05, 3.63) is 106 Å². The predicted molar refractivity (Wildman–Crippen MR) is 139 cm³/mol. The van der Waals surface area contributed by atoms with Crippen molar-refractivity contribution in [1.29, 1.82) is 0 Å². The van der Waals surface area contributed by atoms with Gasteiger partial charge in [-0.05, 0) is 36.6 Å². The molecule has 0 radical (unpaired) electrons. The highest BCUT2D eigenvalue weighted by atomic mass is 19.1. The third kappa shape index (κ3) is 7.63. The molecular weight excluding hydrogens is 508 g/mol. The number of anilines is 1. The number of benzene rings is 1. The van der Waals surface area contributed by atoms with Gasteiger partial charge in [-0.3, -0.25) is 19.4 Å². The van der Waals surface area contributed by atoms with Crippen LogP contribution < -0.4 is 16.2 Å². The number of rotatable bonds is 11. The van der Waals surface area contributed by atoms with E-state index in [2.05, 4.69) is 25.9 Å². The molecular formula is C27H27F2N7O3. The van der Waals surface area contributed by atoms with Crippen molar-refractivity contribution in [2.24, 2.45) is 0 Å². The lowest BCUT2D eigenvalue weighted by atomic mass is 10.1. The Kier molecular flexibility index (Phi) is 8.87. The van der Waals surface area contributed by atoms with Crippen molar-refractivity contribution in [2.45, 2.75) is 45.6 Å². The molecule has 39 heavy (non-hydrogen) atoms. The van der Waals surface area contributed by atoms with Gasteiger partial charge >= 0.3 is 0 Å². The number of hydrogen-bond acceptors (Lipinski definition) is 6. The number of amides is 2. The molecule has 0 bridgehead atoms. The van der Waals surface area contributed by atoms with Crippen molar-refractivity contribution in [1.82, 2.24) is 29.9 Å². The van der Waals surface area contributed by atoms with Crippen LogP contribution in [0.3, 0.4) is 0 Å². The summed E-state index contributed by atoms with van der Waals surface area (Å²) >= 11 is 0. The summed E-state index contributed by atoms with van der Waals surface area (Å²) in [6, 6.07) is 13.9. The van der Waals surface area contributed by atoms with Crippen LogP contribution in [0.25, 0.3) is 0 Å². The van der Waals surface area contributed by atoms with Gasteiger partial charge in [0.15, 0.2) is 5.69 Å². The van der Waals surface area contributed by atoms with Gasteiger partial charge in [-0.1, -0.05) is 41.6 Å². The number of nitrogens with zero attached hydrogens (tertiary/aromatic N) is 5. The second kappa shape index (κ2) is 12.7. The van der Waals surface area contributed by atoms with Crippen molar-refractivity contribution in [3.63, 3.8) is 0 Å². The van der Waals surface area contributed by atoms with Crippen LogP contribution in [-0.2, 0) is 30.8 Å². The van der Waals surface area contributed by atoms with Gasteiger partial charge in [0, 0.05) is 31.2 Å². The monoisotopic (exact) mass is 535 g/mol. The minimum absolute atomic E-state index is 0.0305. The zero-order valence-electron chi connectivity index (χ0n) is 21.2. The van der Waals surface area contributed by atoms with Crippen molar-refractivity contribution in [2.75, 3.05) is 5.32 Å². The molecule has 0 aliphatic carbocycles. The maximum Gasteiger partial charge on any atom is 0.288 e. The van der Waals surface area contributed by atoms with E-state index < -0.39 is 29.4 Å². The van der Waals surface area contributed by atoms with Crippen molar-refractivity contribution < 1.29 is 18.4 Å². The lowest BCUT2D eigenvalue weighted by molar-refractivity contribution is -0.115. The van der Waals surface area contributed by atoms with E-state index in [-0.39, 0.29) is 43.9 Å². The van der Waals surface area contributed by atoms with Gasteiger partial charge in [-0.15, -0.1) is 5.10 Å². The second-order valence-electron chi connectivity index (χ2n) is 8.95. The average molecular weight is 536 g/mol. The van der Waals surface area contributed by atoms with Gasteiger partial charge in [0.2, 0.25) is 11.7 Å². The van der Waals surface area contributed by atoms with Crippen LogP contribution in [0, 0.1) is 12.7 Å². The van der Waals surface area contributed by atoms with E-state index in [0.717, 1.165) is 21.4 Å². The van der Waals surface area contributed by atoms with Gasteiger partial charge in [-0.2, -0.15) is 4.39 Å². The van der Waals surface area contributed by atoms with Gasteiger partial charge < -0.3 is 15.2 Å². The average Bonchev–Trinajstić information content (AvgIpc) is 3.39. The first-order valence-corrected chi connectivity index (χ1v) is 12.2. The molecule has 2 amide bonds. The summed E-state index contributed by atoms with van der Waals surface area (Å²) in [6.45, 7) is 1.82. The highest BCUT2D eigenvalue weighted by Gasteiger charge is 2.16. The Balaban J connectivity index is 1.26. The van der Waals surface area contributed by atoms with Crippen LogP contribution in [0.4, 0.5) is 14.5 Å². The highest BCUT2D eigenvalue weighted by Crippen LogP contribution is 2.12. The Hall–Kier alpha value is -4.74. The Morgan fingerprint density at radius 3 is 2.62 bits per heavy atom. The van der Waals surface area contributed by atoms with Crippen LogP contribution in [0.1, 0.15) is 33.7 Å². The second-order valence-corrected chi connectivity index (χ2v) is 8.95. The molecule has 3 heterocycles. The Morgan fingerprint density at radius 1 is 1.08 bits per heavy atom. The molecule has 0 saturated heterocycles. The molecule has 0 aliphatic heterocycles. The summed E-state index contributed by atoms with van der Waals surface area (Å²) in [5.74, 6) is -2.05. The molecule has 10 nitrogen and oxygen atoms in total. The van der Waals surface area contributed by atoms with Crippen LogP contribution in [0.2, 0.25) is 0 Å². The minimum Gasteiger partial charge on any atom is -0.346 e. The molecule has 1 atom stereocenters. The summed E-state index contributed by atoms with van der Waals surface area (Å²) in [7, 11) is 0. The first kappa shape index (κ1) is 27.3. The Bertz CT molecular complexity index is 1490. The zero-order valence-corrected chi connectivity index (χ0v) is 21.2. The molecule has 0 fully saturated rings. The fraction of sp³-hybridized carbons (Fsp3) is 0.259. The van der Waals surface area contributed by atoms with Gasteiger partial charge in [0.05, 0.1) is 24.8 Å². The smallest absolute Gasteiger partial charge is 0.288 e. The predicted octanol–water partition coefficient (Wildman–Crippen LogP) is 2.82. The van der Waals surface area contributed by atoms with E-state index in [0.29, 0.717) is 0 Å². The van der Waals surface area contributed by atoms with Crippen LogP contribution in [0.5, 0.6) is 0 Å². The lowest BCUT2D eigenvalue weighted by Gasteiger charge is -2.12. The molecule has 0 saturated carbocycles. The lowest BCUT2D eigenvalue weighted by Crippen LogP contribution is -2.27. The maximum absolute atomic E-state index is 14.6. The Morgan fingerprint density at radius 2 is 1.87 bits per heavy atom. The molecule has 0 spiro atoms. The van der Waals surface area contributed by atoms with E-state index in [9.17, 15) is 23.2 Å². The summed E-state index contributed by atoms with van der Waals surface area (Å²) in [4.78, 5) is 41.1. The van der Waals surface area contributed by atoms with Crippen LogP contribution in [0.15, 0.2) is 71.9 Å². The normalized spacial score (nSPS) is 11.7. The third-order valence-corrected chi connectivity index (χ3v) is 5.85. The van der Waals surface area contributed by atoms with Gasteiger partial charge in [0.25, 0.3) is 11.5 Å². The minimum atomic E-state index is -1.44. The number of aromatic nitrogens is 5. The number of alkyl halides is 1. The first-order chi connectivity index (χ1) is 18.8. The molecule has 12 heteroatoms. The molecule has 1 aromatic carbocycles. The Labute approximate surface area is 222 Å². The molecule has 2 N–H and O–H groups in total. The maximum atomic E-state index is 14.6. The summed E-state index contributed by atoms with van der Waals surface area (Å²) in [6.07, 6.45) is 2.77. The van der Waals surface area contributed by atoms with Gasteiger partial charge in [-0.25, -0.2) is 9.07 Å². The largest absolute Gasteiger partial charge is 0.346 e. The van der Waals surface area contributed by atoms with Crippen LogP contribution in [-0.4, -0.2) is 42.5 Å². The van der Waals surface area contributed by atoms with Gasteiger partial charge in [0.1, 0.15) is 6.17 Å². The first-order valence-electron chi connectivity index (χ1n) is 12.2. The fourth-order valence-electron chi connectivity index (χ4n) is 3.74. The van der Waals surface area contributed by atoms with E-state index in [1.807, 2.05) is 25.1 Å². The molecule has 4 aromatic rings. The summed E-state index contributed by atoms with van der Waals surface area (Å²) < 4.78 is 31.4. The number of carbonyl (C=O) groups excluding carboxylic acids is 2. The molecule has 202 valence electrons. The highest BCUT2D eigenvalue weighted by molar-refractivity contribution is 5.92. The fourth-order valence-corrected chi connectivity index (χ4v) is 3.74.